The molecule has 1 rings (SSSR count). The standard InChI is InChI=1S/C10H21NOS/c1-9(12)10(2)13-8-7-11-5-3-4-6-11/h9-10,12H,3-8H2,1-2H3. The average Bonchev–Trinajstić information content (AvgIpc) is 2.56. The second kappa shape index (κ2) is 5.89. The molecule has 1 fully saturated rings. The summed E-state index contributed by atoms with van der Waals surface area (Å²) in [4.78, 5) is 2.52. The molecule has 0 bridgehead atoms. The van der Waals surface area contributed by atoms with Crippen molar-refractivity contribution in [3.05, 3.63) is 0 Å². The average molecular weight is 203 g/mol. The van der Waals surface area contributed by atoms with Gasteiger partial charge in [0.25, 0.3) is 0 Å². The van der Waals surface area contributed by atoms with Crippen molar-refractivity contribution in [1.29, 1.82) is 0 Å². The van der Waals surface area contributed by atoms with Crippen LogP contribution >= 0.6 is 11.8 Å². The molecule has 1 aliphatic heterocycles. The topological polar surface area (TPSA) is 23.5 Å². The highest BCUT2D eigenvalue weighted by Crippen LogP contribution is 2.15. The lowest BCUT2D eigenvalue weighted by atomic mass is 10.3. The molecule has 0 amide bonds. The highest BCUT2D eigenvalue weighted by atomic mass is 32.2. The van der Waals surface area contributed by atoms with Crippen LogP contribution in [0.15, 0.2) is 0 Å². The van der Waals surface area contributed by atoms with Gasteiger partial charge in [-0.25, -0.2) is 0 Å². The summed E-state index contributed by atoms with van der Waals surface area (Å²) < 4.78 is 0. The Morgan fingerprint density at radius 1 is 1.31 bits per heavy atom. The van der Waals surface area contributed by atoms with Crippen molar-refractivity contribution in [3.63, 3.8) is 0 Å². The van der Waals surface area contributed by atoms with E-state index in [1.807, 2.05) is 18.7 Å². The summed E-state index contributed by atoms with van der Waals surface area (Å²) in [7, 11) is 0. The number of rotatable bonds is 5. The maximum Gasteiger partial charge on any atom is 0.0627 e. The van der Waals surface area contributed by atoms with Crippen LogP contribution in [0.4, 0.5) is 0 Å². The van der Waals surface area contributed by atoms with Crippen LogP contribution in [0.2, 0.25) is 0 Å². The van der Waals surface area contributed by atoms with E-state index in [1.165, 1.54) is 32.5 Å². The largest absolute Gasteiger partial charge is 0.392 e. The van der Waals surface area contributed by atoms with Gasteiger partial charge >= 0.3 is 0 Å². The van der Waals surface area contributed by atoms with Crippen molar-refractivity contribution in [2.45, 2.75) is 38.0 Å². The molecule has 3 heteroatoms. The molecule has 1 saturated heterocycles. The lowest BCUT2D eigenvalue weighted by Crippen LogP contribution is -2.24. The summed E-state index contributed by atoms with van der Waals surface area (Å²) in [6.07, 6.45) is 2.57. The van der Waals surface area contributed by atoms with Crippen molar-refractivity contribution in [2.75, 3.05) is 25.4 Å². The van der Waals surface area contributed by atoms with Crippen molar-refractivity contribution in [3.8, 4) is 0 Å². The number of thioether (sulfide) groups is 1. The maximum atomic E-state index is 9.28. The lowest BCUT2D eigenvalue weighted by Gasteiger charge is -2.17. The number of aliphatic hydroxyl groups is 1. The van der Waals surface area contributed by atoms with E-state index < -0.39 is 0 Å². The summed E-state index contributed by atoms with van der Waals surface area (Å²) in [5, 5.41) is 9.66. The molecule has 13 heavy (non-hydrogen) atoms. The summed E-state index contributed by atoms with van der Waals surface area (Å²) in [5.41, 5.74) is 0. The first-order valence-electron chi connectivity index (χ1n) is 5.22. The first-order valence-corrected chi connectivity index (χ1v) is 6.27. The third-order valence-electron chi connectivity index (χ3n) is 2.67. The van der Waals surface area contributed by atoms with E-state index in [9.17, 15) is 5.11 Å². The molecular weight excluding hydrogens is 182 g/mol. The van der Waals surface area contributed by atoms with Crippen LogP contribution in [0.1, 0.15) is 26.7 Å². The molecule has 2 nitrogen and oxygen atoms in total. The van der Waals surface area contributed by atoms with Crippen LogP contribution in [0.3, 0.4) is 0 Å². The van der Waals surface area contributed by atoms with E-state index in [0.29, 0.717) is 5.25 Å². The number of aliphatic hydroxyl groups excluding tert-OH is 1. The van der Waals surface area contributed by atoms with Gasteiger partial charge in [-0.15, -0.1) is 0 Å². The Balaban J connectivity index is 1.99. The van der Waals surface area contributed by atoms with E-state index in [-0.39, 0.29) is 6.10 Å². The third-order valence-corrected chi connectivity index (χ3v) is 4.00. The van der Waals surface area contributed by atoms with Crippen LogP contribution < -0.4 is 0 Å². The van der Waals surface area contributed by atoms with Gasteiger partial charge in [0, 0.05) is 17.5 Å². The maximum absolute atomic E-state index is 9.28. The molecule has 0 radical (unpaired) electrons. The second-order valence-electron chi connectivity index (χ2n) is 3.87. The van der Waals surface area contributed by atoms with Gasteiger partial charge in [-0.05, 0) is 32.9 Å². The first-order chi connectivity index (χ1) is 6.20. The van der Waals surface area contributed by atoms with Gasteiger partial charge in [0.15, 0.2) is 0 Å². The van der Waals surface area contributed by atoms with Gasteiger partial charge in [-0.2, -0.15) is 11.8 Å². The molecule has 0 aromatic heterocycles. The highest BCUT2D eigenvalue weighted by Gasteiger charge is 2.13. The van der Waals surface area contributed by atoms with Crippen molar-refractivity contribution < 1.29 is 5.11 Å². The minimum absolute atomic E-state index is 0.177. The molecule has 0 aromatic rings. The predicted molar refractivity (Wildman–Crippen MR) is 59.3 cm³/mol. The monoisotopic (exact) mass is 203 g/mol. The number of likely N-dealkylation sites (tertiary alicyclic amines) is 1. The predicted octanol–water partition coefficient (Wildman–Crippen LogP) is 1.58. The molecular formula is C10H21NOS. The van der Waals surface area contributed by atoms with Gasteiger partial charge in [0.2, 0.25) is 0 Å². The van der Waals surface area contributed by atoms with Gasteiger partial charge in [-0.1, -0.05) is 6.92 Å². The SMILES string of the molecule is CC(O)C(C)SCCN1CCCC1. The smallest absolute Gasteiger partial charge is 0.0627 e. The van der Waals surface area contributed by atoms with E-state index in [2.05, 4.69) is 11.8 Å². The van der Waals surface area contributed by atoms with Crippen molar-refractivity contribution in [2.24, 2.45) is 0 Å². The van der Waals surface area contributed by atoms with Crippen molar-refractivity contribution in [1.82, 2.24) is 4.90 Å². The molecule has 1 heterocycles. The zero-order chi connectivity index (χ0) is 9.68. The second-order valence-corrected chi connectivity index (χ2v) is 5.35. The summed E-state index contributed by atoms with van der Waals surface area (Å²) in [6, 6.07) is 0. The number of hydrogen-bond acceptors (Lipinski definition) is 3. The molecule has 0 aromatic carbocycles. The molecule has 2 atom stereocenters. The van der Waals surface area contributed by atoms with Gasteiger partial charge in [-0.3, -0.25) is 0 Å². The van der Waals surface area contributed by atoms with E-state index in [4.69, 9.17) is 0 Å². The van der Waals surface area contributed by atoms with Gasteiger partial charge in [0.05, 0.1) is 6.10 Å². The molecule has 2 unspecified atom stereocenters. The lowest BCUT2D eigenvalue weighted by molar-refractivity contribution is 0.196. The quantitative estimate of drug-likeness (QED) is 0.734. The molecule has 78 valence electrons. The Morgan fingerprint density at radius 2 is 1.92 bits per heavy atom. The van der Waals surface area contributed by atoms with Crippen LogP contribution in [0, 0.1) is 0 Å². The zero-order valence-electron chi connectivity index (χ0n) is 8.70. The summed E-state index contributed by atoms with van der Waals surface area (Å²) in [5.74, 6) is 1.16. The Hall–Kier alpha value is 0.270. The summed E-state index contributed by atoms with van der Waals surface area (Å²) >= 11 is 1.88. The third kappa shape index (κ3) is 4.34. The molecule has 0 saturated carbocycles. The van der Waals surface area contributed by atoms with Crippen LogP contribution in [-0.4, -0.2) is 46.7 Å². The van der Waals surface area contributed by atoms with E-state index in [0.717, 1.165) is 5.75 Å². The molecule has 1 aliphatic rings. The fourth-order valence-corrected chi connectivity index (χ4v) is 2.53. The fraction of sp³-hybridized carbons (Fsp3) is 1.00. The molecule has 0 spiro atoms. The van der Waals surface area contributed by atoms with Gasteiger partial charge in [0.1, 0.15) is 0 Å². The fourth-order valence-electron chi connectivity index (χ4n) is 1.51. The normalized spacial score (nSPS) is 23.3. The summed E-state index contributed by atoms with van der Waals surface area (Å²) in [6.45, 7) is 7.72. The first kappa shape index (κ1) is 11.3. The van der Waals surface area contributed by atoms with Crippen molar-refractivity contribution >= 4 is 11.8 Å². The minimum Gasteiger partial charge on any atom is -0.392 e. The van der Waals surface area contributed by atoms with Crippen LogP contribution in [0.5, 0.6) is 0 Å². The minimum atomic E-state index is -0.177. The Morgan fingerprint density at radius 3 is 2.46 bits per heavy atom. The van der Waals surface area contributed by atoms with E-state index in [1.54, 1.807) is 0 Å². The van der Waals surface area contributed by atoms with Crippen LogP contribution in [0.25, 0.3) is 0 Å². The Bertz CT molecular complexity index is 133. The number of hydrogen-bond donors (Lipinski definition) is 1. The Kier molecular flexibility index (Phi) is 5.14. The van der Waals surface area contributed by atoms with Gasteiger partial charge < -0.3 is 10.0 Å². The highest BCUT2D eigenvalue weighted by molar-refractivity contribution is 7.99. The van der Waals surface area contributed by atoms with E-state index >= 15 is 0 Å². The molecule has 0 aliphatic carbocycles. The zero-order valence-corrected chi connectivity index (χ0v) is 9.52. The molecule has 1 N–H and O–H groups in total. The Labute approximate surface area is 85.7 Å². The number of nitrogens with zero attached hydrogens (tertiary/aromatic N) is 1. The van der Waals surface area contributed by atoms with Crippen LogP contribution in [-0.2, 0) is 0 Å².